The normalized spacial score (nSPS) is 28.4. The van der Waals surface area contributed by atoms with Crippen LogP contribution in [0.1, 0.15) is 29.8 Å². The van der Waals surface area contributed by atoms with Crippen LogP contribution < -0.4 is 10.7 Å². The van der Waals surface area contributed by atoms with Crippen LogP contribution in [0.4, 0.5) is 0 Å². The van der Waals surface area contributed by atoms with Crippen LogP contribution in [0.2, 0.25) is 0 Å². The van der Waals surface area contributed by atoms with E-state index in [1.807, 2.05) is 4.68 Å². The van der Waals surface area contributed by atoms with Gasteiger partial charge in [0.1, 0.15) is 12.0 Å². The number of carbonyl (C=O) groups is 1. The van der Waals surface area contributed by atoms with Crippen LogP contribution in [0.15, 0.2) is 12.5 Å². The first-order chi connectivity index (χ1) is 7.74. The van der Waals surface area contributed by atoms with Crippen molar-refractivity contribution < 1.29 is 4.79 Å². The van der Waals surface area contributed by atoms with Crippen molar-refractivity contribution in [1.82, 2.24) is 9.66 Å². The number of hydrogen-bond acceptors (Lipinski definition) is 3. The summed E-state index contributed by atoms with van der Waals surface area (Å²) >= 11 is 0. The summed E-state index contributed by atoms with van der Waals surface area (Å²) in [6, 6.07) is 0. The largest absolute Gasteiger partial charge is 0.364 e. The number of amides is 1. The van der Waals surface area contributed by atoms with Gasteiger partial charge in [0.05, 0.1) is 6.20 Å². The quantitative estimate of drug-likeness (QED) is 0.782. The Labute approximate surface area is 94.2 Å². The monoisotopic (exact) mass is 220 g/mol. The SMILES string of the molecule is NC(=O)c1cn(N2CC3CCCC3C2)cn1. The average Bonchev–Trinajstić information content (AvgIpc) is 2.91. The minimum absolute atomic E-state index is 0.344. The number of carbonyl (C=O) groups excluding carboxylic acids is 1. The smallest absolute Gasteiger partial charge is 0.268 e. The summed E-state index contributed by atoms with van der Waals surface area (Å²) in [7, 11) is 0. The lowest BCUT2D eigenvalue weighted by molar-refractivity contribution is 0.0996. The molecule has 3 rings (SSSR count). The second-order valence-corrected chi connectivity index (χ2v) is 4.83. The highest BCUT2D eigenvalue weighted by atomic mass is 16.1. The van der Waals surface area contributed by atoms with Gasteiger partial charge in [-0.15, -0.1) is 0 Å². The summed E-state index contributed by atoms with van der Waals surface area (Å²) in [5.74, 6) is 1.21. The van der Waals surface area contributed by atoms with E-state index in [0.29, 0.717) is 5.69 Å². The van der Waals surface area contributed by atoms with Crippen molar-refractivity contribution in [1.29, 1.82) is 0 Å². The number of nitrogens with two attached hydrogens (primary N) is 1. The third-order valence-electron chi connectivity index (χ3n) is 3.86. The van der Waals surface area contributed by atoms with Gasteiger partial charge >= 0.3 is 0 Å². The van der Waals surface area contributed by atoms with Crippen LogP contribution >= 0.6 is 0 Å². The Morgan fingerprint density at radius 3 is 2.62 bits per heavy atom. The molecule has 5 nitrogen and oxygen atoms in total. The maximum absolute atomic E-state index is 11.0. The third kappa shape index (κ3) is 1.47. The Bertz CT molecular complexity index is 402. The maximum Gasteiger partial charge on any atom is 0.268 e. The zero-order valence-electron chi connectivity index (χ0n) is 9.17. The topological polar surface area (TPSA) is 64.2 Å². The number of aromatic nitrogens is 2. The Balaban J connectivity index is 1.76. The van der Waals surface area contributed by atoms with E-state index >= 15 is 0 Å². The van der Waals surface area contributed by atoms with Gasteiger partial charge in [0.25, 0.3) is 5.91 Å². The Hall–Kier alpha value is -1.52. The molecule has 0 radical (unpaired) electrons. The summed E-state index contributed by atoms with van der Waals surface area (Å²) in [5.41, 5.74) is 5.53. The number of imidazole rings is 1. The summed E-state index contributed by atoms with van der Waals surface area (Å²) in [5, 5.41) is 2.26. The molecular formula is C11H16N4O. The van der Waals surface area contributed by atoms with Gasteiger partial charge in [-0.2, -0.15) is 0 Å². The first kappa shape index (κ1) is 9.69. The Morgan fingerprint density at radius 1 is 1.38 bits per heavy atom. The molecule has 0 aromatic carbocycles. The molecule has 1 aliphatic carbocycles. The van der Waals surface area contributed by atoms with Crippen LogP contribution in [0.25, 0.3) is 0 Å². The van der Waals surface area contributed by atoms with Gasteiger partial charge in [-0.1, -0.05) is 6.42 Å². The predicted molar refractivity (Wildman–Crippen MR) is 59.5 cm³/mol. The second-order valence-electron chi connectivity index (χ2n) is 4.83. The van der Waals surface area contributed by atoms with E-state index < -0.39 is 5.91 Å². The molecule has 5 heteroatoms. The van der Waals surface area contributed by atoms with Crippen molar-refractivity contribution in [3.8, 4) is 0 Å². The molecule has 2 atom stereocenters. The van der Waals surface area contributed by atoms with Crippen molar-refractivity contribution in [3.63, 3.8) is 0 Å². The molecule has 2 fully saturated rings. The highest BCUT2D eigenvalue weighted by Gasteiger charge is 2.36. The summed E-state index contributed by atoms with van der Waals surface area (Å²) in [6.45, 7) is 2.17. The van der Waals surface area contributed by atoms with Gasteiger partial charge in [0.2, 0.25) is 0 Å². The summed E-state index contributed by atoms with van der Waals surface area (Å²) in [4.78, 5) is 15.0. The highest BCUT2D eigenvalue weighted by Crippen LogP contribution is 2.36. The molecule has 2 unspecified atom stereocenters. The average molecular weight is 220 g/mol. The second kappa shape index (κ2) is 3.50. The Kier molecular flexibility index (Phi) is 2.12. The molecule has 16 heavy (non-hydrogen) atoms. The molecule has 0 spiro atoms. The van der Waals surface area contributed by atoms with Crippen LogP contribution in [0.3, 0.4) is 0 Å². The van der Waals surface area contributed by atoms with Gasteiger partial charge in [0, 0.05) is 13.1 Å². The number of rotatable bonds is 2. The molecule has 1 aromatic heterocycles. The summed E-state index contributed by atoms with van der Waals surface area (Å²) < 4.78 is 1.92. The fourth-order valence-electron chi connectivity index (χ4n) is 2.99. The molecular weight excluding hydrogens is 204 g/mol. The van der Waals surface area contributed by atoms with Crippen molar-refractivity contribution in [2.45, 2.75) is 19.3 Å². The molecule has 1 saturated carbocycles. The molecule has 2 aliphatic rings. The first-order valence-corrected chi connectivity index (χ1v) is 5.83. The molecule has 1 aromatic rings. The number of primary amides is 1. The fourth-order valence-corrected chi connectivity index (χ4v) is 2.99. The van der Waals surface area contributed by atoms with E-state index in [1.165, 1.54) is 19.3 Å². The van der Waals surface area contributed by atoms with E-state index in [-0.39, 0.29) is 0 Å². The maximum atomic E-state index is 11.0. The van der Waals surface area contributed by atoms with Crippen molar-refractivity contribution in [2.75, 3.05) is 18.1 Å². The minimum Gasteiger partial charge on any atom is -0.364 e. The highest BCUT2D eigenvalue weighted by molar-refractivity contribution is 5.90. The molecule has 1 amide bonds. The number of hydrogen-bond donors (Lipinski definition) is 1. The van der Waals surface area contributed by atoms with Crippen LogP contribution in [0, 0.1) is 11.8 Å². The summed E-state index contributed by atoms with van der Waals surface area (Å²) in [6.07, 6.45) is 7.47. The van der Waals surface area contributed by atoms with E-state index in [2.05, 4.69) is 9.99 Å². The standard InChI is InChI=1S/C11H16N4O/c12-11(16)10-6-15(7-13-10)14-4-8-2-1-3-9(8)5-14/h6-9H,1-5H2,(H2,12,16). The zero-order valence-corrected chi connectivity index (χ0v) is 9.17. The van der Waals surface area contributed by atoms with E-state index in [0.717, 1.165) is 24.9 Å². The molecule has 0 bridgehead atoms. The lowest BCUT2D eigenvalue weighted by Crippen LogP contribution is -2.31. The lowest BCUT2D eigenvalue weighted by Gasteiger charge is -2.19. The Morgan fingerprint density at radius 2 is 2.06 bits per heavy atom. The molecule has 1 aliphatic heterocycles. The van der Waals surface area contributed by atoms with Crippen LogP contribution in [-0.4, -0.2) is 28.7 Å². The van der Waals surface area contributed by atoms with Crippen LogP contribution in [0.5, 0.6) is 0 Å². The zero-order chi connectivity index (χ0) is 11.1. The van der Waals surface area contributed by atoms with Gasteiger partial charge < -0.3 is 10.7 Å². The van der Waals surface area contributed by atoms with Gasteiger partial charge in [-0.05, 0) is 24.7 Å². The van der Waals surface area contributed by atoms with Gasteiger partial charge in [-0.25, -0.2) is 4.98 Å². The number of nitrogens with zero attached hydrogens (tertiary/aromatic N) is 3. The van der Waals surface area contributed by atoms with Crippen molar-refractivity contribution >= 4 is 5.91 Å². The fraction of sp³-hybridized carbons (Fsp3) is 0.636. The molecule has 86 valence electrons. The number of fused-ring (bicyclic) bond motifs is 1. The van der Waals surface area contributed by atoms with E-state index in [9.17, 15) is 4.79 Å². The van der Waals surface area contributed by atoms with Gasteiger partial charge in [0.15, 0.2) is 0 Å². The van der Waals surface area contributed by atoms with Gasteiger partial charge in [-0.3, -0.25) is 9.47 Å². The molecule has 1 saturated heterocycles. The van der Waals surface area contributed by atoms with Crippen molar-refractivity contribution in [2.24, 2.45) is 17.6 Å². The lowest BCUT2D eigenvalue weighted by atomic mass is 10.0. The third-order valence-corrected chi connectivity index (χ3v) is 3.86. The first-order valence-electron chi connectivity index (χ1n) is 5.83. The van der Waals surface area contributed by atoms with Crippen molar-refractivity contribution in [3.05, 3.63) is 18.2 Å². The van der Waals surface area contributed by atoms with E-state index in [4.69, 9.17) is 5.73 Å². The van der Waals surface area contributed by atoms with Crippen LogP contribution in [-0.2, 0) is 0 Å². The minimum atomic E-state index is -0.460. The molecule has 2 N–H and O–H groups in total. The predicted octanol–water partition coefficient (Wildman–Crippen LogP) is 0.350. The molecule has 2 heterocycles. The van der Waals surface area contributed by atoms with E-state index in [1.54, 1.807) is 12.5 Å².